The molecular weight excluding hydrogens is 238 g/mol. The van der Waals surface area contributed by atoms with Crippen LogP contribution in [0.3, 0.4) is 0 Å². The molecule has 1 aliphatic rings. The molecule has 1 fully saturated rings. The van der Waals surface area contributed by atoms with Crippen LogP contribution in [0.5, 0.6) is 0 Å². The van der Waals surface area contributed by atoms with Gasteiger partial charge in [0.15, 0.2) is 0 Å². The van der Waals surface area contributed by atoms with Crippen molar-refractivity contribution in [2.75, 3.05) is 12.0 Å². The van der Waals surface area contributed by atoms with Crippen LogP contribution in [0.15, 0.2) is 12.1 Å². The minimum absolute atomic E-state index is 0.449. The third-order valence-corrected chi connectivity index (χ3v) is 3.48. The van der Waals surface area contributed by atoms with Crippen molar-refractivity contribution >= 4 is 17.4 Å². The molecule has 0 saturated heterocycles. The Morgan fingerprint density at radius 3 is 2.88 bits per heavy atom. The lowest BCUT2D eigenvalue weighted by Crippen LogP contribution is -2.11. The van der Waals surface area contributed by atoms with Gasteiger partial charge in [-0.2, -0.15) is 0 Å². The van der Waals surface area contributed by atoms with E-state index in [0.717, 1.165) is 12.3 Å². The number of rotatable bonds is 5. The zero-order valence-corrected chi connectivity index (χ0v) is 10.5. The predicted molar refractivity (Wildman–Crippen MR) is 68.7 cm³/mol. The number of anilines is 1. The van der Waals surface area contributed by atoms with Crippen molar-refractivity contribution in [3.05, 3.63) is 22.8 Å². The Hall–Kier alpha value is -0.840. The Kier molecular flexibility index (Phi) is 4.59. The fourth-order valence-corrected chi connectivity index (χ4v) is 2.33. The second-order valence-corrected chi connectivity index (χ2v) is 4.84. The molecule has 1 aliphatic carbocycles. The Morgan fingerprint density at radius 2 is 2.18 bits per heavy atom. The number of hydrogen-bond acceptors (Lipinski definition) is 4. The largest absolute Gasteiger partial charge is 0.375 e. The second kappa shape index (κ2) is 6.19. The first kappa shape index (κ1) is 12.6. The van der Waals surface area contributed by atoms with Gasteiger partial charge in [-0.3, -0.25) is 0 Å². The zero-order chi connectivity index (χ0) is 12.1. The molecule has 1 aromatic rings. The Balaban J connectivity index is 1.84. The molecule has 1 heterocycles. The van der Waals surface area contributed by atoms with Crippen LogP contribution in [-0.2, 0) is 11.3 Å². The van der Waals surface area contributed by atoms with Crippen molar-refractivity contribution in [3.63, 3.8) is 0 Å². The van der Waals surface area contributed by atoms with E-state index in [0.29, 0.717) is 23.4 Å². The number of nitrogens with one attached hydrogen (secondary N) is 1. The summed E-state index contributed by atoms with van der Waals surface area (Å²) in [7, 11) is 0. The third-order valence-electron chi connectivity index (χ3n) is 3.13. The maximum Gasteiger partial charge on any atom is 0.140 e. The van der Waals surface area contributed by atoms with Gasteiger partial charge in [0.2, 0.25) is 0 Å². The SMILES string of the molecule is NNc1ccc(Cl)c(COCC2CCCC2)n1. The number of nitrogens with zero attached hydrogens (tertiary/aromatic N) is 1. The van der Waals surface area contributed by atoms with Gasteiger partial charge in [0, 0.05) is 6.61 Å². The molecule has 0 amide bonds. The molecule has 1 saturated carbocycles. The monoisotopic (exact) mass is 255 g/mol. The van der Waals surface area contributed by atoms with E-state index in [2.05, 4.69) is 10.4 Å². The molecule has 0 aliphatic heterocycles. The summed E-state index contributed by atoms with van der Waals surface area (Å²) in [5, 5.41) is 0.621. The van der Waals surface area contributed by atoms with Crippen LogP contribution in [0, 0.1) is 5.92 Å². The summed E-state index contributed by atoms with van der Waals surface area (Å²) >= 11 is 6.04. The van der Waals surface area contributed by atoms with E-state index >= 15 is 0 Å². The van der Waals surface area contributed by atoms with Crippen LogP contribution in [0.2, 0.25) is 5.02 Å². The molecule has 0 unspecified atom stereocenters. The summed E-state index contributed by atoms with van der Waals surface area (Å²) < 4.78 is 5.67. The summed E-state index contributed by atoms with van der Waals surface area (Å²) in [6, 6.07) is 3.51. The van der Waals surface area contributed by atoms with Gasteiger partial charge in [-0.15, -0.1) is 0 Å². The number of hydrazine groups is 1. The summed E-state index contributed by atoms with van der Waals surface area (Å²) in [4.78, 5) is 4.26. The number of nitrogens with two attached hydrogens (primary N) is 1. The fourth-order valence-electron chi connectivity index (χ4n) is 2.17. The highest BCUT2D eigenvalue weighted by Crippen LogP contribution is 2.25. The zero-order valence-electron chi connectivity index (χ0n) is 9.79. The first-order chi connectivity index (χ1) is 8.29. The van der Waals surface area contributed by atoms with E-state index in [1.807, 2.05) is 0 Å². The summed E-state index contributed by atoms with van der Waals surface area (Å²) in [5.41, 5.74) is 3.24. The lowest BCUT2D eigenvalue weighted by molar-refractivity contribution is 0.0868. The summed E-state index contributed by atoms with van der Waals surface area (Å²) in [5.74, 6) is 6.62. The van der Waals surface area contributed by atoms with Crippen molar-refractivity contribution in [2.45, 2.75) is 32.3 Å². The number of hydrogen-bond donors (Lipinski definition) is 2. The van der Waals surface area contributed by atoms with E-state index < -0.39 is 0 Å². The van der Waals surface area contributed by atoms with Gasteiger partial charge in [0.25, 0.3) is 0 Å². The minimum atomic E-state index is 0.449. The smallest absolute Gasteiger partial charge is 0.140 e. The number of ether oxygens (including phenoxy) is 1. The first-order valence-electron chi connectivity index (χ1n) is 5.99. The van der Waals surface area contributed by atoms with E-state index in [-0.39, 0.29) is 0 Å². The molecule has 1 aromatic heterocycles. The van der Waals surface area contributed by atoms with Gasteiger partial charge < -0.3 is 10.2 Å². The van der Waals surface area contributed by atoms with Gasteiger partial charge in [-0.25, -0.2) is 10.8 Å². The molecule has 2 rings (SSSR count). The van der Waals surface area contributed by atoms with Crippen LogP contribution in [0.4, 0.5) is 5.82 Å². The molecule has 4 nitrogen and oxygen atoms in total. The number of pyridine rings is 1. The summed E-state index contributed by atoms with van der Waals surface area (Å²) in [6.45, 7) is 1.25. The molecule has 17 heavy (non-hydrogen) atoms. The van der Waals surface area contributed by atoms with Crippen molar-refractivity contribution < 1.29 is 4.74 Å². The average molecular weight is 256 g/mol. The van der Waals surface area contributed by atoms with Crippen LogP contribution in [0.1, 0.15) is 31.4 Å². The molecule has 0 aromatic carbocycles. The van der Waals surface area contributed by atoms with Gasteiger partial charge in [0.1, 0.15) is 5.82 Å². The van der Waals surface area contributed by atoms with Gasteiger partial charge >= 0.3 is 0 Å². The normalized spacial score (nSPS) is 16.4. The van der Waals surface area contributed by atoms with E-state index in [9.17, 15) is 0 Å². The van der Waals surface area contributed by atoms with Crippen molar-refractivity contribution in [3.8, 4) is 0 Å². The number of halogens is 1. The van der Waals surface area contributed by atoms with Crippen molar-refractivity contribution in [1.29, 1.82) is 0 Å². The van der Waals surface area contributed by atoms with Gasteiger partial charge in [-0.05, 0) is 30.9 Å². The highest BCUT2D eigenvalue weighted by atomic mass is 35.5. The predicted octanol–water partition coefficient (Wildman–Crippen LogP) is 2.73. The molecule has 0 bridgehead atoms. The van der Waals surface area contributed by atoms with Crippen molar-refractivity contribution in [1.82, 2.24) is 4.98 Å². The molecule has 0 radical (unpaired) electrons. The molecular formula is C12H18ClN3O. The quantitative estimate of drug-likeness (QED) is 0.627. The number of aromatic nitrogens is 1. The Labute approximate surface area is 106 Å². The van der Waals surface area contributed by atoms with E-state index in [1.165, 1.54) is 25.7 Å². The highest BCUT2D eigenvalue weighted by Gasteiger charge is 2.15. The minimum Gasteiger partial charge on any atom is -0.375 e. The molecule has 0 spiro atoms. The Morgan fingerprint density at radius 1 is 1.41 bits per heavy atom. The van der Waals surface area contributed by atoms with Crippen LogP contribution >= 0.6 is 11.6 Å². The molecule has 94 valence electrons. The third kappa shape index (κ3) is 3.56. The standard InChI is InChI=1S/C12H18ClN3O/c13-10-5-6-12(16-14)15-11(10)8-17-7-9-3-1-2-4-9/h5-6,9H,1-4,7-8,14H2,(H,15,16). The molecule has 5 heteroatoms. The first-order valence-corrected chi connectivity index (χ1v) is 6.37. The van der Waals surface area contributed by atoms with Crippen molar-refractivity contribution in [2.24, 2.45) is 11.8 Å². The topological polar surface area (TPSA) is 60.2 Å². The lowest BCUT2D eigenvalue weighted by Gasteiger charge is -2.11. The van der Waals surface area contributed by atoms with E-state index in [4.69, 9.17) is 22.2 Å². The maximum atomic E-state index is 6.04. The molecule has 3 N–H and O–H groups in total. The highest BCUT2D eigenvalue weighted by molar-refractivity contribution is 6.31. The van der Waals surface area contributed by atoms with Crippen LogP contribution in [-0.4, -0.2) is 11.6 Å². The van der Waals surface area contributed by atoms with Crippen LogP contribution < -0.4 is 11.3 Å². The van der Waals surface area contributed by atoms with E-state index in [1.54, 1.807) is 12.1 Å². The molecule has 0 atom stereocenters. The Bertz CT molecular complexity index is 367. The van der Waals surface area contributed by atoms with Crippen LogP contribution in [0.25, 0.3) is 0 Å². The second-order valence-electron chi connectivity index (χ2n) is 4.43. The lowest BCUT2D eigenvalue weighted by atomic mass is 10.1. The van der Waals surface area contributed by atoms with Gasteiger partial charge in [-0.1, -0.05) is 24.4 Å². The average Bonchev–Trinajstić information content (AvgIpc) is 2.84. The maximum absolute atomic E-state index is 6.04. The van der Waals surface area contributed by atoms with Gasteiger partial charge in [0.05, 0.1) is 17.3 Å². The number of nitrogen functional groups attached to an aromatic ring is 1. The summed E-state index contributed by atoms with van der Waals surface area (Å²) in [6.07, 6.45) is 5.23. The fraction of sp³-hybridized carbons (Fsp3) is 0.583.